The van der Waals surface area contributed by atoms with Gasteiger partial charge in [-0.3, -0.25) is 4.90 Å². The van der Waals surface area contributed by atoms with Gasteiger partial charge >= 0.3 is 0 Å². The summed E-state index contributed by atoms with van der Waals surface area (Å²) in [6.07, 6.45) is 7.79. The van der Waals surface area contributed by atoms with E-state index in [0.29, 0.717) is 25.0 Å². The highest BCUT2D eigenvalue weighted by Crippen LogP contribution is 2.44. The smallest absolute Gasteiger partial charge is 0.214 e. The number of hydrogen-bond acceptors (Lipinski definition) is 5. The van der Waals surface area contributed by atoms with E-state index in [-0.39, 0.29) is 11.8 Å². The summed E-state index contributed by atoms with van der Waals surface area (Å²) in [7, 11) is -1.49. The molecule has 6 nitrogen and oxygen atoms in total. The quantitative estimate of drug-likeness (QED) is 0.636. The number of unbranched alkanes of at least 4 members (excludes halogenated alkanes) is 3. The molecule has 0 aliphatic carbocycles. The van der Waals surface area contributed by atoms with Crippen molar-refractivity contribution in [2.45, 2.75) is 63.5 Å². The van der Waals surface area contributed by atoms with Gasteiger partial charge in [-0.2, -0.15) is 4.31 Å². The SMILES string of the molecule is COc1ccc2c(c1)CCN1C[C@@H]3CCCN(S(=O)(=O)CCCCCCN)[C@@H]3C[C@@H]21. The molecule has 4 rings (SSSR count). The lowest BCUT2D eigenvalue weighted by atomic mass is 9.77. The van der Waals surface area contributed by atoms with Crippen molar-refractivity contribution in [2.75, 3.05) is 39.0 Å². The first kappa shape index (κ1) is 22.1. The zero-order valence-electron chi connectivity index (χ0n) is 18.3. The topological polar surface area (TPSA) is 75.9 Å². The molecule has 0 amide bonds. The number of nitrogens with zero attached hydrogens (tertiary/aromatic N) is 2. The van der Waals surface area contributed by atoms with Crippen molar-refractivity contribution in [2.24, 2.45) is 11.7 Å². The Morgan fingerprint density at radius 2 is 2.00 bits per heavy atom. The minimum Gasteiger partial charge on any atom is -0.497 e. The van der Waals surface area contributed by atoms with E-state index in [1.165, 1.54) is 11.1 Å². The van der Waals surface area contributed by atoms with Crippen molar-refractivity contribution in [3.05, 3.63) is 29.3 Å². The maximum Gasteiger partial charge on any atom is 0.214 e. The van der Waals surface area contributed by atoms with Crippen molar-refractivity contribution in [1.29, 1.82) is 0 Å². The Morgan fingerprint density at radius 3 is 2.80 bits per heavy atom. The van der Waals surface area contributed by atoms with Crippen LogP contribution in [0.1, 0.15) is 62.1 Å². The molecule has 30 heavy (non-hydrogen) atoms. The normalized spacial score (nSPS) is 27.2. The molecule has 0 spiro atoms. The van der Waals surface area contributed by atoms with Crippen molar-refractivity contribution in [3.8, 4) is 5.75 Å². The van der Waals surface area contributed by atoms with Crippen LogP contribution in [0.2, 0.25) is 0 Å². The average molecular weight is 436 g/mol. The number of rotatable bonds is 8. The first-order chi connectivity index (χ1) is 14.5. The zero-order valence-corrected chi connectivity index (χ0v) is 19.1. The number of piperidine rings is 2. The zero-order chi connectivity index (χ0) is 21.1. The van der Waals surface area contributed by atoms with Gasteiger partial charge < -0.3 is 10.5 Å². The predicted molar refractivity (Wildman–Crippen MR) is 120 cm³/mol. The standard InChI is InChI=1S/C23H37N3O3S/c1-29-20-8-9-21-18(15-20)10-13-25-17-19-7-6-12-26(22(19)16-23(21)25)30(27,28)14-5-3-2-4-11-24/h8-9,15,19,22-23H,2-7,10-14,16-17,24H2,1H3/t19-,22+,23-/m0/s1. The number of fused-ring (bicyclic) bond motifs is 4. The van der Waals surface area contributed by atoms with Crippen LogP contribution < -0.4 is 10.5 Å². The van der Waals surface area contributed by atoms with Crippen LogP contribution in [0.3, 0.4) is 0 Å². The number of sulfonamides is 1. The molecule has 3 atom stereocenters. The molecule has 168 valence electrons. The fraction of sp³-hybridized carbons (Fsp3) is 0.739. The monoisotopic (exact) mass is 435 g/mol. The van der Waals surface area contributed by atoms with Gasteiger partial charge in [-0.15, -0.1) is 0 Å². The molecule has 3 aliphatic heterocycles. The summed E-state index contributed by atoms with van der Waals surface area (Å²) in [6, 6.07) is 6.87. The van der Waals surface area contributed by atoms with E-state index < -0.39 is 10.0 Å². The maximum atomic E-state index is 13.2. The lowest BCUT2D eigenvalue weighted by Gasteiger charge is -2.51. The summed E-state index contributed by atoms with van der Waals surface area (Å²) in [5.74, 6) is 1.65. The number of benzene rings is 1. The minimum absolute atomic E-state index is 0.141. The molecule has 1 aromatic rings. The molecule has 0 aromatic heterocycles. The molecule has 0 saturated carbocycles. The summed E-state index contributed by atoms with van der Waals surface area (Å²) in [5.41, 5.74) is 8.28. The van der Waals surface area contributed by atoms with Crippen LogP contribution in [0.25, 0.3) is 0 Å². The van der Waals surface area contributed by atoms with Crippen LogP contribution >= 0.6 is 0 Å². The molecular weight excluding hydrogens is 398 g/mol. The number of ether oxygens (including phenoxy) is 1. The highest BCUT2D eigenvalue weighted by atomic mass is 32.2. The summed E-state index contributed by atoms with van der Waals surface area (Å²) >= 11 is 0. The molecule has 2 saturated heterocycles. The van der Waals surface area contributed by atoms with Crippen LogP contribution in [0, 0.1) is 5.92 Å². The molecule has 1 aromatic carbocycles. The van der Waals surface area contributed by atoms with Crippen molar-refractivity contribution in [3.63, 3.8) is 0 Å². The second-order valence-electron chi connectivity index (χ2n) is 9.16. The van der Waals surface area contributed by atoms with Crippen molar-refractivity contribution >= 4 is 10.0 Å². The van der Waals surface area contributed by atoms with Gasteiger partial charge in [0.05, 0.1) is 12.9 Å². The third kappa shape index (κ3) is 4.54. The third-order valence-electron chi connectivity index (χ3n) is 7.33. The highest BCUT2D eigenvalue weighted by Gasteiger charge is 2.45. The summed E-state index contributed by atoms with van der Waals surface area (Å²) in [5, 5.41) is 0. The van der Waals surface area contributed by atoms with E-state index >= 15 is 0 Å². The fourth-order valence-corrected chi connectivity index (χ4v) is 7.64. The largest absolute Gasteiger partial charge is 0.497 e. The Labute approximate surface area is 181 Å². The van der Waals surface area contributed by atoms with Crippen molar-refractivity contribution < 1.29 is 13.2 Å². The molecule has 3 heterocycles. The molecule has 0 bridgehead atoms. The van der Waals surface area contributed by atoms with Crippen LogP contribution in [0.4, 0.5) is 0 Å². The Bertz CT molecular complexity index is 829. The molecule has 3 aliphatic rings. The van der Waals surface area contributed by atoms with Crippen LogP contribution in [-0.2, 0) is 16.4 Å². The van der Waals surface area contributed by atoms with Gasteiger partial charge in [-0.05, 0) is 74.2 Å². The number of methoxy groups -OCH3 is 1. The Balaban J connectivity index is 1.49. The second-order valence-corrected chi connectivity index (χ2v) is 11.2. The van der Waals surface area contributed by atoms with Crippen LogP contribution in [0.15, 0.2) is 18.2 Å². The van der Waals surface area contributed by atoms with Crippen LogP contribution in [0.5, 0.6) is 5.75 Å². The van der Waals surface area contributed by atoms with E-state index in [2.05, 4.69) is 17.0 Å². The summed E-state index contributed by atoms with van der Waals surface area (Å²) in [4.78, 5) is 2.60. The van der Waals surface area contributed by atoms with Gasteiger partial charge in [-0.1, -0.05) is 18.9 Å². The first-order valence-corrected chi connectivity index (χ1v) is 13.2. The van der Waals surface area contributed by atoms with Gasteiger partial charge in [0, 0.05) is 31.7 Å². The van der Waals surface area contributed by atoms with E-state index in [9.17, 15) is 8.42 Å². The second kappa shape index (κ2) is 9.55. The highest BCUT2D eigenvalue weighted by molar-refractivity contribution is 7.89. The molecule has 7 heteroatoms. The lowest BCUT2D eigenvalue weighted by molar-refractivity contribution is 0.0219. The molecule has 2 N–H and O–H groups in total. The van der Waals surface area contributed by atoms with Crippen molar-refractivity contribution in [1.82, 2.24) is 9.21 Å². The van der Waals surface area contributed by atoms with E-state index in [0.717, 1.165) is 70.2 Å². The first-order valence-electron chi connectivity index (χ1n) is 11.6. The van der Waals surface area contributed by atoms with Gasteiger partial charge in [0.1, 0.15) is 5.75 Å². The molecule has 0 unspecified atom stereocenters. The fourth-order valence-electron chi connectivity index (χ4n) is 5.76. The molecule has 0 radical (unpaired) electrons. The van der Waals surface area contributed by atoms with E-state index in [1.54, 1.807) is 7.11 Å². The van der Waals surface area contributed by atoms with Crippen LogP contribution in [-0.4, -0.2) is 62.7 Å². The van der Waals surface area contributed by atoms with E-state index in [1.807, 2.05) is 10.4 Å². The average Bonchev–Trinajstić information content (AvgIpc) is 2.76. The summed E-state index contributed by atoms with van der Waals surface area (Å²) < 4.78 is 33.8. The Hall–Kier alpha value is -1.15. The Morgan fingerprint density at radius 1 is 1.17 bits per heavy atom. The van der Waals surface area contributed by atoms with Gasteiger partial charge in [0.2, 0.25) is 10.0 Å². The third-order valence-corrected chi connectivity index (χ3v) is 9.31. The summed E-state index contributed by atoms with van der Waals surface area (Å²) in [6.45, 7) is 3.45. The predicted octanol–water partition coefficient (Wildman–Crippen LogP) is 2.93. The molecule has 2 fully saturated rings. The van der Waals surface area contributed by atoms with Gasteiger partial charge in [-0.25, -0.2) is 8.42 Å². The number of nitrogens with two attached hydrogens (primary N) is 1. The van der Waals surface area contributed by atoms with E-state index in [4.69, 9.17) is 10.5 Å². The molecular formula is C23H37N3O3S. The lowest BCUT2D eigenvalue weighted by Crippen LogP contribution is -2.57. The van der Waals surface area contributed by atoms with Gasteiger partial charge in [0.25, 0.3) is 0 Å². The Kier molecular flexibility index (Phi) is 7.02. The van der Waals surface area contributed by atoms with Gasteiger partial charge in [0.15, 0.2) is 0 Å². The number of hydrogen-bond donors (Lipinski definition) is 1. The minimum atomic E-state index is -3.20. The maximum absolute atomic E-state index is 13.2.